The smallest absolute Gasteiger partial charge is 0.251 e. The Kier molecular flexibility index (Phi) is 12.2. The van der Waals surface area contributed by atoms with E-state index in [-0.39, 0.29) is 22.3 Å². The minimum absolute atomic E-state index is 0.270. The van der Waals surface area contributed by atoms with E-state index >= 15 is 0 Å². The highest BCUT2D eigenvalue weighted by molar-refractivity contribution is 6.04. The maximum Gasteiger partial charge on any atom is 0.251 e. The zero-order valence-electron chi connectivity index (χ0n) is 35.0. The molecule has 5 aliphatic heterocycles. The molecule has 4 aromatic carbocycles. The van der Waals surface area contributed by atoms with E-state index in [1.165, 1.54) is 0 Å². The molecule has 1 fully saturated rings. The first-order chi connectivity index (χ1) is 31.3. The van der Waals surface area contributed by atoms with Gasteiger partial charge in [0.1, 0.15) is 0 Å². The van der Waals surface area contributed by atoms with E-state index < -0.39 is 47.8 Å². The van der Waals surface area contributed by atoms with Gasteiger partial charge >= 0.3 is 0 Å². The Morgan fingerprint density at radius 2 is 0.516 bits per heavy atom. The molecule has 0 bridgehead atoms. The van der Waals surface area contributed by atoms with Gasteiger partial charge in [-0.1, -0.05) is 121 Å². The van der Waals surface area contributed by atoms with Crippen molar-refractivity contribution in [2.45, 2.75) is 50.3 Å². The summed E-state index contributed by atoms with van der Waals surface area (Å²) in [4.78, 5) is 66.2. The maximum absolute atomic E-state index is 14.7. The van der Waals surface area contributed by atoms with E-state index in [1.807, 2.05) is 166 Å². The molecule has 4 amide bonds. The first kappa shape index (κ1) is 41.2. The van der Waals surface area contributed by atoms with Gasteiger partial charge in [0, 0.05) is 75.8 Å². The van der Waals surface area contributed by atoms with Crippen LogP contribution < -0.4 is 21.3 Å². The number of amides is 4. The van der Waals surface area contributed by atoms with Gasteiger partial charge in [0.15, 0.2) is 0 Å². The summed E-state index contributed by atoms with van der Waals surface area (Å²) in [6.45, 7) is 1.91. The molecule has 1 saturated heterocycles. The molecular formula is C52H48N8O4. The molecule has 0 aliphatic carbocycles. The van der Waals surface area contributed by atoms with Crippen LogP contribution in [0.5, 0.6) is 0 Å². The molecule has 0 saturated carbocycles. The van der Waals surface area contributed by atoms with Crippen LogP contribution >= 0.6 is 0 Å². The summed E-state index contributed by atoms with van der Waals surface area (Å²) < 4.78 is 0. The summed E-state index contributed by atoms with van der Waals surface area (Å²) in [6, 6.07) is 36.1. The van der Waals surface area contributed by atoms with Crippen LogP contribution in [0.15, 0.2) is 218 Å². The fraction of sp³-hybridized carbons (Fsp3) is 0.154. The van der Waals surface area contributed by atoms with Gasteiger partial charge in [-0.25, -0.2) is 0 Å². The highest BCUT2D eigenvalue weighted by Gasteiger charge is 2.35. The van der Waals surface area contributed by atoms with E-state index in [1.54, 1.807) is 49.1 Å². The van der Waals surface area contributed by atoms with E-state index in [0.717, 1.165) is 22.3 Å². The molecule has 0 spiro atoms. The van der Waals surface area contributed by atoms with Gasteiger partial charge in [0.05, 0.1) is 46.5 Å². The number of benzene rings is 4. The minimum Gasteiger partial charge on any atom is -0.350 e. The van der Waals surface area contributed by atoms with Gasteiger partial charge < -0.3 is 40.9 Å². The molecule has 12 nitrogen and oxygen atoms in total. The number of rotatable bonds is 8. The molecule has 320 valence electrons. The van der Waals surface area contributed by atoms with E-state index in [0.29, 0.717) is 26.2 Å². The lowest BCUT2D eigenvalue weighted by Crippen LogP contribution is -2.52. The van der Waals surface area contributed by atoms with Crippen molar-refractivity contribution in [3.8, 4) is 0 Å². The zero-order chi connectivity index (χ0) is 43.8. The normalized spacial score (nSPS) is 22.0. The van der Waals surface area contributed by atoms with E-state index in [2.05, 4.69) is 21.3 Å². The Hall–Kier alpha value is -8.12. The first-order valence-corrected chi connectivity index (χ1v) is 21.3. The van der Waals surface area contributed by atoms with Crippen molar-refractivity contribution in [3.05, 3.63) is 240 Å². The lowest BCUT2D eigenvalue weighted by atomic mass is 9.97. The van der Waals surface area contributed by atoms with Crippen molar-refractivity contribution in [2.24, 2.45) is 0 Å². The van der Waals surface area contributed by atoms with Crippen LogP contribution in [0.1, 0.15) is 22.3 Å². The van der Waals surface area contributed by atoms with Gasteiger partial charge in [-0.3, -0.25) is 19.2 Å². The maximum atomic E-state index is 14.7. The third kappa shape index (κ3) is 9.82. The Bertz CT molecular complexity index is 2270. The second kappa shape index (κ2) is 18.9. The SMILES string of the molecule is O=C1NC2C=CN(Cc3ccccc3)C=C2C(=O)NC2C=CN(Cc3ccccc3)C=C2C(=O)NC2C=CN(Cc3ccccc3)C=C2C(=O)NC2C=CN(Cc3ccccc3)C=C12. The molecule has 9 rings (SSSR count). The standard InChI is InChI=1S/C52H48N8O4/c61-49-41-33-57(29-37-13-5-1-6-14-37)25-21-45(41)53-50(62)43-35-59(31-39-17-9-3-10-18-39)27-23-47(43)55-52(64)44-36-60(32-40-19-11-4-12-20-40)28-24-48(44)56-51(63)42-34-58(26-22-46(42)54-49)30-38-15-7-2-8-16-38/h1-28,33-36,45-48H,29-32H2,(H,53,62)(H,54,61)(H,55,64)(H,56,63). The van der Waals surface area contributed by atoms with Crippen LogP contribution in [-0.4, -0.2) is 67.4 Å². The molecule has 5 heterocycles. The van der Waals surface area contributed by atoms with Crippen LogP contribution in [0.25, 0.3) is 0 Å². The zero-order valence-corrected chi connectivity index (χ0v) is 35.0. The fourth-order valence-electron chi connectivity index (χ4n) is 8.18. The summed E-state index contributed by atoms with van der Waals surface area (Å²) in [5.41, 5.74) is 5.19. The fourth-order valence-corrected chi connectivity index (χ4v) is 8.18. The number of hydrogen-bond donors (Lipinski definition) is 4. The summed E-state index contributed by atoms with van der Waals surface area (Å²) in [6.07, 6.45) is 21.4. The molecule has 12 heteroatoms. The molecule has 0 radical (unpaired) electrons. The Morgan fingerprint density at radius 1 is 0.312 bits per heavy atom. The molecule has 4 N–H and O–H groups in total. The number of carbonyl (C=O) groups excluding carboxylic acids is 4. The van der Waals surface area contributed by atoms with Crippen molar-refractivity contribution >= 4 is 23.6 Å². The number of nitrogens with one attached hydrogen (secondary N) is 4. The lowest BCUT2D eigenvalue weighted by molar-refractivity contribution is -0.119. The predicted molar refractivity (Wildman–Crippen MR) is 245 cm³/mol. The number of fused-ring (bicyclic) bond motifs is 4. The predicted octanol–water partition coefficient (Wildman–Crippen LogP) is 5.59. The molecule has 0 aromatic heterocycles. The number of hydrogen-bond acceptors (Lipinski definition) is 8. The third-order valence-electron chi connectivity index (χ3n) is 11.5. The molecule has 5 aliphatic rings. The molecular weight excluding hydrogens is 801 g/mol. The highest BCUT2D eigenvalue weighted by atomic mass is 16.2. The minimum atomic E-state index is -0.858. The number of nitrogens with zero attached hydrogens (tertiary/aromatic N) is 4. The van der Waals surface area contributed by atoms with Crippen LogP contribution in [-0.2, 0) is 45.4 Å². The van der Waals surface area contributed by atoms with Gasteiger partial charge in [-0.2, -0.15) is 0 Å². The Balaban J connectivity index is 1.09. The van der Waals surface area contributed by atoms with Gasteiger partial charge in [-0.15, -0.1) is 0 Å². The summed E-state index contributed by atoms with van der Waals surface area (Å²) in [7, 11) is 0. The molecule has 4 unspecified atom stereocenters. The first-order valence-electron chi connectivity index (χ1n) is 21.3. The Labute approximate surface area is 372 Å². The molecule has 64 heavy (non-hydrogen) atoms. The second-order valence-electron chi connectivity index (χ2n) is 16.1. The number of carbonyl (C=O) groups is 4. The molecule has 4 aromatic rings. The van der Waals surface area contributed by atoms with Crippen molar-refractivity contribution in [3.63, 3.8) is 0 Å². The average Bonchev–Trinajstić information content (AvgIpc) is 3.32. The van der Waals surface area contributed by atoms with Gasteiger partial charge in [0.25, 0.3) is 23.6 Å². The van der Waals surface area contributed by atoms with E-state index in [4.69, 9.17) is 0 Å². The highest BCUT2D eigenvalue weighted by Crippen LogP contribution is 2.25. The quantitative estimate of drug-likeness (QED) is 0.181. The third-order valence-corrected chi connectivity index (χ3v) is 11.5. The van der Waals surface area contributed by atoms with Crippen LogP contribution in [0, 0.1) is 0 Å². The van der Waals surface area contributed by atoms with Gasteiger partial charge in [0.2, 0.25) is 0 Å². The average molecular weight is 849 g/mol. The monoisotopic (exact) mass is 848 g/mol. The summed E-state index contributed by atoms with van der Waals surface area (Å²) in [5, 5.41) is 12.4. The summed E-state index contributed by atoms with van der Waals surface area (Å²) >= 11 is 0. The van der Waals surface area contributed by atoms with E-state index in [9.17, 15) is 19.2 Å². The van der Waals surface area contributed by atoms with Crippen molar-refractivity contribution < 1.29 is 19.2 Å². The second-order valence-corrected chi connectivity index (χ2v) is 16.1. The van der Waals surface area contributed by atoms with Crippen LogP contribution in [0.4, 0.5) is 0 Å². The largest absolute Gasteiger partial charge is 0.350 e. The van der Waals surface area contributed by atoms with Gasteiger partial charge in [-0.05, 0) is 46.6 Å². The van der Waals surface area contributed by atoms with Crippen molar-refractivity contribution in [2.75, 3.05) is 0 Å². The molecule has 4 atom stereocenters. The summed E-state index contributed by atoms with van der Waals surface area (Å²) in [5.74, 6) is -1.86. The lowest BCUT2D eigenvalue weighted by Gasteiger charge is -2.33. The van der Waals surface area contributed by atoms with Crippen LogP contribution in [0.2, 0.25) is 0 Å². The Morgan fingerprint density at radius 3 is 0.719 bits per heavy atom. The van der Waals surface area contributed by atoms with Crippen molar-refractivity contribution in [1.82, 2.24) is 40.9 Å². The van der Waals surface area contributed by atoms with Crippen LogP contribution in [0.3, 0.4) is 0 Å². The topological polar surface area (TPSA) is 129 Å². The van der Waals surface area contributed by atoms with Crippen molar-refractivity contribution in [1.29, 1.82) is 0 Å².